The molecule has 1 aromatic carbocycles. The summed E-state index contributed by atoms with van der Waals surface area (Å²) < 4.78 is 28.2. The van der Waals surface area contributed by atoms with Gasteiger partial charge in [-0.05, 0) is 53.2 Å². The van der Waals surface area contributed by atoms with Gasteiger partial charge >= 0.3 is 5.97 Å². The Kier molecular flexibility index (Phi) is 7.43. The highest BCUT2D eigenvalue weighted by Crippen LogP contribution is 2.43. The van der Waals surface area contributed by atoms with Crippen LogP contribution in [0, 0.1) is 11.7 Å². The summed E-state index contributed by atoms with van der Waals surface area (Å²) in [5.41, 5.74) is 7.91. The number of ether oxygens (including phenoxy) is 2. The Labute approximate surface area is 234 Å². The molecule has 10 nitrogen and oxygen atoms in total. The van der Waals surface area contributed by atoms with Crippen molar-refractivity contribution >= 4 is 33.3 Å². The first-order valence-corrected chi connectivity index (χ1v) is 13.6. The smallest absolute Gasteiger partial charge is 0.339 e. The first kappa shape index (κ1) is 27.2. The quantitative estimate of drug-likeness (QED) is 0.298. The number of piperidine rings is 1. The van der Waals surface area contributed by atoms with Gasteiger partial charge in [0, 0.05) is 46.0 Å². The van der Waals surface area contributed by atoms with Gasteiger partial charge in [0.2, 0.25) is 5.88 Å². The van der Waals surface area contributed by atoms with Crippen LogP contribution in [0.25, 0.3) is 11.1 Å². The molecule has 2 bridgehead atoms. The molecule has 12 heteroatoms. The lowest BCUT2D eigenvalue weighted by Crippen LogP contribution is -2.52. The number of nitrogen functional groups attached to an aromatic ring is 1. The third kappa shape index (κ3) is 5.40. The number of hydrogen-bond donors (Lipinski definition) is 2. The molecule has 2 atom stereocenters. The second-order valence-corrected chi connectivity index (χ2v) is 11.3. The van der Waals surface area contributed by atoms with Crippen LogP contribution in [0.1, 0.15) is 29.6 Å². The number of esters is 1. The number of carbonyl (C=O) groups excluding carboxylic acids is 1. The Morgan fingerprint density at radius 2 is 2.10 bits per heavy atom. The van der Waals surface area contributed by atoms with Crippen LogP contribution >= 0.6 is 15.9 Å². The van der Waals surface area contributed by atoms with E-state index >= 15 is 0 Å². The molecule has 208 valence electrons. The summed E-state index contributed by atoms with van der Waals surface area (Å²) in [6, 6.07) is 4.55. The minimum atomic E-state index is -0.532. The lowest BCUT2D eigenvalue weighted by molar-refractivity contribution is 0.0599. The van der Waals surface area contributed by atoms with Crippen molar-refractivity contribution in [3.05, 3.63) is 56.8 Å². The molecule has 1 aliphatic heterocycles. The number of nitrogens with one attached hydrogen (secondary N) is 1. The van der Waals surface area contributed by atoms with Crippen LogP contribution < -0.4 is 21.3 Å². The Morgan fingerprint density at radius 1 is 1.31 bits per heavy atom. The predicted octanol–water partition coefficient (Wildman–Crippen LogP) is 3.40. The largest absolute Gasteiger partial charge is 0.476 e. The molecule has 2 aliphatic rings. The number of methoxy groups -OCH3 is 1. The SMILES string of the molecule is COC(=O)c1cc(-c2cnn(C)c2OCCN2CC3CCC(Nc4cc(Br)c(F)cc4N)(C3)C2)c(=O)n(C)c1. The summed E-state index contributed by atoms with van der Waals surface area (Å²) in [7, 11) is 4.63. The van der Waals surface area contributed by atoms with Gasteiger partial charge in [0.25, 0.3) is 5.56 Å². The lowest BCUT2D eigenvalue weighted by Gasteiger charge is -2.41. The number of halogens is 2. The van der Waals surface area contributed by atoms with Crippen molar-refractivity contribution in [3.63, 3.8) is 0 Å². The predicted molar refractivity (Wildman–Crippen MR) is 149 cm³/mol. The van der Waals surface area contributed by atoms with E-state index in [0.29, 0.717) is 46.2 Å². The molecular weight excluding hydrogens is 571 g/mol. The van der Waals surface area contributed by atoms with Crippen LogP contribution in [0.3, 0.4) is 0 Å². The molecular formula is C27H32BrFN6O4. The number of aromatic nitrogens is 3. The van der Waals surface area contributed by atoms with Gasteiger partial charge in [-0.25, -0.2) is 13.9 Å². The molecule has 1 aliphatic carbocycles. The van der Waals surface area contributed by atoms with Crippen molar-refractivity contribution in [1.29, 1.82) is 0 Å². The maximum atomic E-state index is 13.9. The number of likely N-dealkylation sites (tertiary alicyclic amines) is 1. The Morgan fingerprint density at radius 3 is 2.87 bits per heavy atom. The van der Waals surface area contributed by atoms with Gasteiger partial charge < -0.3 is 25.1 Å². The third-order valence-electron chi connectivity index (χ3n) is 7.67. The first-order chi connectivity index (χ1) is 18.6. The summed E-state index contributed by atoms with van der Waals surface area (Å²) in [6.07, 6.45) is 6.16. The van der Waals surface area contributed by atoms with Crippen LogP contribution in [0.4, 0.5) is 15.8 Å². The van der Waals surface area contributed by atoms with Crippen LogP contribution in [-0.4, -0.2) is 64.1 Å². The van der Waals surface area contributed by atoms with Gasteiger partial charge in [-0.1, -0.05) is 0 Å². The average molecular weight is 603 g/mol. The minimum absolute atomic E-state index is 0.146. The molecule has 2 unspecified atom stereocenters. The number of fused-ring (bicyclic) bond motifs is 2. The van der Waals surface area contributed by atoms with E-state index in [0.717, 1.165) is 38.0 Å². The van der Waals surface area contributed by atoms with E-state index in [4.69, 9.17) is 15.2 Å². The third-order valence-corrected chi connectivity index (χ3v) is 8.28. The Hall–Kier alpha value is -3.38. The summed E-state index contributed by atoms with van der Waals surface area (Å²) in [6.45, 7) is 2.83. The van der Waals surface area contributed by atoms with E-state index in [1.54, 1.807) is 31.0 Å². The van der Waals surface area contributed by atoms with Gasteiger partial charge in [0.15, 0.2) is 0 Å². The van der Waals surface area contributed by atoms with Gasteiger partial charge in [-0.3, -0.25) is 9.69 Å². The number of benzene rings is 1. The van der Waals surface area contributed by atoms with E-state index in [-0.39, 0.29) is 22.5 Å². The zero-order valence-corrected chi connectivity index (χ0v) is 23.8. The summed E-state index contributed by atoms with van der Waals surface area (Å²) in [5, 5.41) is 7.93. The maximum absolute atomic E-state index is 13.9. The molecule has 5 rings (SSSR count). The lowest BCUT2D eigenvalue weighted by atomic mass is 9.90. The van der Waals surface area contributed by atoms with Gasteiger partial charge in [-0.15, -0.1) is 0 Å². The number of nitrogens with zero attached hydrogens (tertiary/aromatic N) is 4. The van der Waals surface area contributed by atoms with E-state index < -0.39 is 5.97 Å². The zero-order chi connectivity index (χ0) is 27.9. The maximum Gasteiger partial charge on any atom is 0.339 e. The molecule has 1 saturated carbocycles. The van der Waals surface area contributed by atoms with Crippen molar-refractivity contribution in [2.24, 2.45) is 20.0 Å². The van der Waals surface area contributed by atoms with E-state index in [1.165, 1.54) is 30.0 Å². The van der Waals surface area contributed by atoms with Crippen LogP contribution in [0.2, 0.25) is 0 Å². The monoisotopic (exact) mass is 602 g/mol. The molecule has 1 saturated heterocycles. The standard InChI is InChI=1S/C27H32BrFN6O4/c1-33-14-17(26(37)38-3)8-18(24(33)36)19-12-31-34(2)25(19)39-7-6-35-13-16-4-5-27(11-16,15-35)32-23-9-20(28)21(29)10-22(23)30/h8-10,12,14,16,32H,4-7,11,13,15,30H2,1-3H3. The van der Waals surface area contributed by atoms with Crippen LogP contribution in [0.15, 0.2) is 39.9 Å². The molecule has 3 heterocycles. The highest BCUT2D eigenvalue weighted by atomic mass is 79.9. The van der Waals surface area contributed by atoms with Gasteiger partial charge in [0.1, 0.15) is 12.4 Å². The second-order valence-electron chi connectivity index (χ2n) is 10.5. The second kappa shape index (κ2) is 10.6. The van der Waals surface area contributed by atoms with Gasteiger partial charge in [-0.2, -0.15) is 5.10 Å². The molecule has 0 amide bonds. The molecule has 2 aromatic heterocycles. The van der Waals surface area contributed by atoms with Crippen molar-refractivity contribution in [3.8, 4) is 17.0 Å². The Bertz CT molecular complexity index is 1470. The van der Waals surface area contributed by atoms with E-state index in [1.807, 2.05) is 0 Å². The van der Waals surface area contributed by atoms with E-state index in [9.17, 15) is 14.0 Å². The number of carbonyl (C=O) groups is 1. The number of aryl methyl sites for hydroxylation is 2. The zero-order valence-electron chi connectivity index (χ0n) is 22.2. The highest BCUT2D eigenvalue weighted by Gasteiger charge is 2.45. The van der Waals surface area contributed by atoms with Crippen molar-refractivity contribution < 1.29 is 18.7 Å². The number of nitrogens with two attached hydrogens (primary N) is 1. The molecule has 3 aromatic rings. The molecule has 39 heavy (non-hydrogen) atoms. The molecule has 0 spiro atoms. The molecule has 0 radical (unpaired) electrons. The van der Waals surface area contributed by atoms with Crippen molar-refractivity contribution in [2.75, 3.05) is 44.4 Å². The minimum Gasteiger partial charge on any atom is -0.476 e. The van der Waals surface area contributed by atoms with Crippen molar-refractivity contribution in [2.45, 2.75) is 24.8 Å². The molecule has 3 N–H and O–H groups in total. The number of pyridine rings is 1. The van der Waals surface area contributed by atoms with Gasteiger partial charge in [0.05, 0.1) is 51.4 Å². The van der Waals surface area contributed by atoms with Crippen LogP contribution in [-0.2, 0) is 18.8 Å². The summed E-state index contributed by atoms with van der Waals surface area (Å²) >= 11 is 3.26. The summed E-state index contributed by atoms with van der Waals surface area (Å²) in [4.78, 5) is 27.4. The number of hydrogen-bond acceptors (Lipinski definition) is 8. The topological polar surface area (TPSA) is 117 Å². The average Bonchev–Trinajstić information content (AvgIpc) is 3.41. The fourth-order valence-electron chi connectivity index (χ4n) is 5.86. The summed E-state index contributed by atoms with van der Waals surface area (Å²) in [5.74, 6) is 0.0838. The highest BCUT2D eigenvalue weighted by molar-refractivity contribution is 9.10. The molecule has 2 fully saturated rings. The fourth-order valence-corrected chi connectivity index (χ4v) is 6.21. The van der Waals surface area contributed by atoms with Crippen molar-refractivity contribution in [1.82, 2.24) is 19.2 Å². The number of rotatable bonds is 8. The normalized spacial score (nSPS) is 20.7. The Balaban J connectivity index is 1.29. The van der Waals surface area contributed by atoms with E-state index in [2.05, 4.69) is 31.2 Å². The van der Waals surface area contributed by atoms with Crippen LogP contribution in [0.5, 0.6) is 5.88 Å². The fraction of sp³-hybridized carbons (Fsp3) is 0.444. The first-order valence-electron chi connectivity index (χ1n) is 12.8. The number of anilines is 2.